The Kier molecular flexibility index (Phi) is 5.10. The molecule has 0 atom stereocenters. The van der Waals surface area contributed by atoms with E-state index in [-0.39, 0.29) is 11.8 Å². The van der Waals surface area contributed by atoms with E-state index in [0.29, 0.717) is 21.9 Å². The van der Waals surface area contributed by atoms with Gasteiger partial charge in [-0.05, 0) is 48.9 Å². The summed E-state index contributed by atoms with van der Waals surface area (Å²) in [5.41, 5.74) is 3.42. The second kappa shape index (κ2) is 7.85. The highest BCUT2D eigenvalue weighted by atomic mass is 32.1. The van der Waals surface area contributed by atoms with Crippen molar-refractivity contribution in [3.05, 3.63) is 89.5 Å². The topological polar surface area (TPSA) is 62.3 Å². The first kappa shape index (κ1) is 18.8. The number of carbonyl (C=O) groups is 2. The van der Waals surface area contributed by atoms with Gasteiger partial charge in [-0.1, -0.05) is 47.7 Å². The molecule has 29 heavy (non-hydrogen) atoms. The summed E-state index contributed by atoms with van der Waals surface area (Å²) >= 11 is 1.47. The van der Waals surface area contributed by atoms with E-state index < -0.39 is 0 Å². The van der Waals surface area contributed by atoms with Crippen molar-refractivity contribution in [2.75, 3.05) is 17.3 Å². The van der Waals surface area contributed by atoms with Crippen LogP contribution >= 0.6 is 11.3 Å². The number of hydrogen-bond acceptors (Lipinski definition) is 4. The Balaban J connectivity index is 1.58. The van der Waals surface area contributed by atoms with E-state index in [2.05, 4.69) is 10.3 Å². The molecule has 0 radical (unpaired) electrons. The Morgan fingerprint density at radius 3 is 2.41 bits per heavy atom. The van der Waals surface area contributed by atoms with Crippen molar-refractivity contribution in [3.63, 3.8) is 0 Å². The number of benzene rings is 3. The zero-order valence-electron chi connectivity index (χ0n) is 16.0. The van der Waals surface area contributed by atoms with E-state index in [1.54, 1.807) is 31.3 Å². The van der Waals surface area contributed by atoms with Crippen LogP contribution in [0.25, 0.3) is 10.2 Å². The van der Waals surface area contributed by atoms with Crippen LogP contribution in [0.3, 0.4) is 0 Å². The summed E-state index contributed by atoms with van der Waals surface area (Å²) in [4.78, 5) is 31.6. The Labute approximate surface area is 172 Å². The summed E-state index contributed by atoms with van der Waals surface area (Å²) in [5.74, 6) is -0.392. The predicted octanol–water partition coefficient (Wildman–Crippen LogP) is 5.13. The molecule has 0 fully saturated rings. The first-order valence-electron chi connectivity index (χ1n) is 9.13. The van der Waals surface area contributed by atoms with Crippen LogP contribution in [0.4, 0.5) is 10.8 Å². The van der Waals surface area contributed by atoms with Crippen molar-refractivity contribution in [3.8, 4) is 0 Å². The van der Waals surface area contributed by atoms with Crippen molar-refractivity contribution in [2.24, 2.45) is 0 Å². The largest absolute Gasteiger partial charge is 0.322 e. The fraction of sp³-hybridized carbons (Fsp3) is 0.0870. The number of aryl methyl sites for hydroxylation is 1. The van der Waals surface area contributed by atoms with Crippen LogP contribution in [0.15, 0.2) is 72.8 Å². The first-order valence-corrected chi connectivity index (χ1v) is 9.95. The van der Waals surface area contributed by atoms with Gasteiger partial charge in [0.1, 0.15) is 0 Å². The molecule has 5 nitrogen and oxygen atoms in total. The molecule has 3 aromatic carbocycles. The molecule has 4 aromatic rings. The van der Waals surface area contributed by atoms with E-state index in [4.69, 9.17) is 0 Å². The molecule has 0 aliphatic heterocycles. The molecular formula is C23H19N3O2S. The van der Waals surface area contributed by atoms with Gasteiger partial charge in [-0.25, -0.2) is 4.98 Å². The van der Waals surface area contributed by atoms with Crippen LogP contribution in [0.5, 0.6) is 0 Å². The number of fused-ring (bicyclic) bond motifs is 1. The number of rotatable bonds is 4. The number of hydrogen-bond donors (Lipinski definition) is 1. The third-order valence-electron chi connectivity index (χ3n) is 4.64. The summed E-state index contributed by atoms with van der Waals surface area (Å²) in [6.45, 7) is 1.89. The zero-order valence-corrected chi connectivity index (χ0v) is 16.9. The quantitative estimate of drug-likeness (QED) is 0.515. The summed E-state index contributed by atoms with van der Waals surface area (Å²) in [5, 5.41) is 3.53. The van der Waals surface area contributed by atoms with Crippen LogP contribution in [-0.2, 0) is 0 Å². The van der Waals surface area contributed by atoms with Gasteiger partial charge in [-0.2, -0.15) is 0 Å². The van der Waals surface area contributed by atoms with Crippen LogP contribution in [0, 0.1) is 6.92 Å². The molecule has 144 valence electrons. The molecule has 6 heteroatoms. The van der Waals surface area contributed by atoms with E-state index in [0.717, 1.165) is 15.8 Å². The zero-order chi connectivity index (χ0) is 20.4. The Morgan fingerprint density at radius 2 is 1.66 bits per heavy atom. The standard InChI is InChI=1S/C23H19N3O2S/c1-15-12-13-17(14-19(15)24-21(27)16-8-4-3-5-9-16)22(28)26(2)23-25-18-10-6-7-11-20(18)29-23/h3-14H,1-2H3,(H,24,27). The summed E-state index contributed by atoms with van der Waals surface area (Å²) in [6.07, 6.45) is 0. The normalized spacial score (nSPS) is 10.7. The molecule has 1 N–H and O–H groups in total. The van der Waals surface area contributed by atoms with Crippen LogP contribution in [0.1, 0.15) is 26.3 Å². The number of para-hydroxylation sites is 1. The van der Waals surface area contributed by atoms with Gasteiger partial charge in [0.2, 0.25) is 0 Å². The molecule has 0 spiro atoms. The SMILES string of the molecule is Cc1ccc(C(=O)N(C)c2nc3ccccc3s2)cc1NC(=O)c1ccccc1. The third-order valence-corrected chi connectivity index (χ3v) is 5.76. The maximum absolute atomic E-state index is 13.0. The minimum absolute atomic E-state index is 0.181. The molecule has 0 aliphatic rings. The fourth-order valence-electron chi connectivity index (χ4n) is 2.96. The lowest BCUT2D eigenvalue weighted by Crippen LogP contribution is -2.26. The van der Waals surface area contributed by atoms with Gasteiger partial charge < -0.3 is 5.32 Å². The molecule has 0 saturated heterocycles. The number of anilines is 2. The van der Waals surface area contributed by atoms with Gasteiger partial charge in [-0.15, -0.1) is 0 Å². The lowest BCUT2D eigenvalue weighted by molar-refractivity contribution is 0.0990. The first-order chi connectivity index (χ1) is 14.0. The van der Waals surface area contributed by atoms with Crippen molar-refractivity contribution >= 4 is 44.2 Å². The molecule has 0 saturated carbocycles. The maximum Gasteiger partial charge on any atom is 0.259 e. The monoisotopic (exact) mass is 401 g/mol. The Hall–Kier alpha value is -3.51. The smallest absolute Gasteiger partial charge is 0.259 e. The second-order valence-corrected chi connectivity index (χ2v) is 7.69. The van der Waals surface area contributed by atoms with E-state index in [1.807, 2.05) is 55.5 Å². The van der Waals surface area contributed by atoms with Gasteiger partial charge in [0, 0.05) is 23.9 Å². The van der Waals surface area contributed by atoms with Crippen LogP contribution in [-0.4, -0.2) is 23.8 Å². The Bertz CT molecular complexity index is 1170. The number of amides is 2. The van der Waals surface area contributed by atoms with E-state index in [1.165, 1.54) is 16.2 Å². The van der Waals surface area contributed by atoms with Crippen molar-refractivity contribution < 1.29 is 9.59 Å². The molecule has 1 aromatic heterocycles. The fourth-order valence-corrected chi connectivity index (χ4v) is 3.88. The third kappa shape index (κ3) is 3.88. The highest BCUT2D eigenvalue weighted by Gasteiger charge is 2.18. The highest BCUT2D eigenvalue weighted by Crippen LogP contribution is 2.29. The number of thiazole rings is 1. The Morgan fingerprint density at radius 1 is 0.931 bits per heavy atom. The molecular weight excluding hydrogens is 382 g/mol. The van der Waals surface area contributed by atoms with Crippen LogP contribution < -0.4 is 10.2 Å². The number of aromatic nitrogens is 1. The van der Waals surface area contributed by atoms with Gasteiger partial charge in [0.15, 0.2) is 5.13 Å². The average molecular weight is 401 g/mol. The molecule has 4 rings (SSSR count). The molecule has 0 aliphatic carbocycles. The van der Waals surface area contributed by atoms with E-state index >= 15 is 0 Å². The molecule has 0 unspecified atom stereocenters. The van der Waals surface area contributed by atoms with Crippen LogP contribution in [0.2, 0.25) is 0 Å². The molecule has 1 heterocycles. The summed E-state index contributed by atoms with van der Waals surface area (Å²) in [7, 11) is 1.71. The van der Waals surface area contributed by atoms with Gasteiger partial charge in [0.05, 0.1) is 10.2 Å². The van der Waals surface area contributed by atoms with Crippen molar-refractivity contribution in [2.45, 2.75) is 6.92 Å². The highest BCUT2D eigenvalue weighted by molar-refractivity contribution is 7.22. The number of carbonyl (C=O) groups excluding carboxylic acids is 2. The minimum atomic E-state index is -0.210. The lowest BCUT2D eigenvalue weighted by atomic mass is 10.1. The van der Waals surface area contributed by atoms with Gasteiger partial charge >= 0.3 is 0 Å². The van der Waals surface area contributed by atoms with Crippen molar-refractivity contribution in [1.29, 1.82) is 0 Å². The lowest BCUT2D eigenvalue weighted by Gasteiger charge is -2.15. The van der Waals surface area contributed by atoms with E-state index in [9.17, 15) is 9.59 Å². The number of nitrogens with zero attached hydrogens (tertiary/aromatic N) is 2. The maximum atomic E-state index is 13.0. The number of nitrogens with one attached hydrogen (secondary N) is 1. The molecule has 2 amide bonds. The van der Waals surface area contributed by atoms with Gasteiger partial charge in [-0.3, -0.25) is 14.5 Å². The minimum Gasteiger partial charge on any atom is -0.322 e. The van der Waals surface area contributed by atoms with Gasteiger partial charge in [0.25, 0.3) is 11.8 Å². The molecule has 0 bridgehead atoms. The predicted molar refractivity (Wildman–Crippen MR) is 118 cm³/mol. The summed E-state index contributed by atoms with van der Waals surface area (Å²) < 4.78 is 1.03. The average Bonchev–Trinajstić information content (AvgIpc) is 3.19. The van der Waals surface area contributed by atoms with Crippen molar-refractivity contribution in [1.82, 2.24) is 4.98 Å². The summed E-state index contributed by atoms with van der Waals surface area (Å²) in [6, 6.07) is 22.1. The second-order valence-electron chi connectivity index (χ2n) is 6.68.